The minimum absolute atomic E-state index is 0.0699. The predicted molar refractivity (Wildman–Crippen MR) is 121 cm³/mol. The molecule has 0 amide bonds. The maximum Gasteiger partial charge on any atom is 0.260 e. The zero-order valence-corrected chi connectivity index (χ0v) is 17.8. The van der Waals surface area contributed by atoms with Crippen LogP contribution in [0.3, 0.4) is 0 Å². The highest BCUT2D eigenvalue weighted by Crippen LogP contribution is 2.32. The van der Waals surface area contributed by atoms with E-state index in [0.29, 0.717) is 16.5 Å². The van der Waals surface area contributed by atoms with E-state index in [9.17, 15) is 4.79 Å². The van der Waals surface area contributed by atoms with Crippen molar-refractivity contribution < 1.29 is 0 Å². The standard InChI is InChI=1S/C23H22N2OS2/c1-14(2)17-10-6-16(7-11-17)12-28-23-24-21(26)20-19(13-27-22(20)25-23)18-8-4-15(3)5-9-18/h4-11,13-14H,12H2,1-3H3,(H,24,25,26). The van der Waals surface area contributed by atoms with E-state index in [1.807, 2.05) is 5.38 Å². The number of aryl methyl sites for hydroxylation is 1. The van der Waals surface area contributed by atoms with E-state index >= 15 is 0 Å². The molecule has 0 radical (unpaired) electrons. The Morgan fingerprint density at radius 2 is 1.79 bits per heavy atom. The molecular formula is C23H22N2OS2. The van der Waals surface area contributed by atoms with Crippen molar-refractivity contribution in [2.75, 3.05) is 0 Å². The molecule has 0 saturated heterocycles. The first-order chi connectivity index (χ1) is 13.5. The van der Waals surface area contributed by atoms with Gasteiger partial charge in [-0.3, -0.25) is 4.79 Å². The van der Waals surface area contributed by atoms with Crippen LogP contribution in [0.15, 0.2) is 63.9 Å². The smallest absolute Gasteiger partial charge is 0.260 e. The summed E-state index contributed by atoms with van der Waals surface area (Å²) in [7, 11) is 0. The number of thioether (sulfide) groups is 1. The summed E-state index contributed by atoms with van der Waals surface area (Å²) in [5.41, 5.74) is 5.70. The molecule has 2 aromatic carbocycles. The normalized spacial score (nSPS) is 11.4. The van der Waals surface area contributed by atoms with Gasteiger partial charge in [-0.05, 0) is 29.5 Å². The van der Waals surface area contributed by atoms with Crippen LogP contribution in [-0.2, 0) is 5.75 Å². The first kappa shape index (κ1) is 19.0. The summed E-state index contributed by atoms with van der Waals surface area (Å²) >= 11 is 3.09. The maximum atomic E-state index is 12.8. The molecule has 4 aromatic rings. The van der Waals surface area contributed by atoms with Crippen LogP contribution in [0.4, 0.5) is 0 Å². The van der Waals surface area contributed by atoms with Gasteiger partial charge in [-0.2, -0.15) is 0 Å². The van der Waals surface area contributed by atoms with E-state index in [2.05, 4.69) is 79.3 Å². The van der Waals surface area contributed by atoms with Gasteiger partial charge in [0.25, 0.3) is 5.56 Å². The van der Waals surface area contributed by atoms with E-state index in [1.165, 1.54) is 28.0 Å². The third-order valence-electron chi connectivity index (χ3n) is 4.81. The highest BCUT2D eigenvalue weighted by Gasteiger charge is 2.13. The number of aromatic amines is 1. The van der Waals surface area contributed by atoms with Crippen LogP contribution in [0.1, 0.15) is 36.5 Å². The molecular weight excluding hydrogens is 384 g/mol. The number of thiophene rings is 1. The Morgan fingerprint density at radius 3 is 2.46 bits per heavy atom. The van der Waals surface area contributed by atoms with E-state index in [1.54, 1.807) is 11.8 Å². The minimum Gasteiger partial charge on any atom is -0.301 e. The lowest BCUT2D eigenvalue weighted by atomic mass is 10.0. The van der Waals surface area contributed by atoms with Crippen LogP contribution in [0.25, 0.3) is 21.3 Å². The Morgan fingerprint density at radius 1 is 1.07 bits per heavy atom. The predicted octanol–water partition coefficient (Wildman–Crippen LogP) is 6.38. The molecule has 0 aliphatic carbocycles. The molecule has 2 heterocycles. The van der Waals surface area contributed by atoms with Crippen LogP contribution in [-0.4, -0.2) is 9.97 Å². The van der Waals surface area contributed by atoms with E-state index in [-0.39, 0.29) is 5.56 Å². The van der Waals surface area contributed by atoms with Gasteiger partial charge in [0.15, 0.2) is 5.16 Å². The first-order valence-electron chi connectivity index (χ1n) is 9.31. The van der Waals surface area contributed by atoms with Crippen molar-refractivity contribution in [2.45, 2.75) is 37.6 Å². The van der Waals surface area contributed by atoms with Gasteiger partial charge < -0.3 is 4.98 Å². The van der Waals surface area contributed by atoms with Crippen molar-refractivity contribution >= 4 is 33.3 Å². The molecule has 0 spiro atoms. The van der Waals surface area contributed by atoms with E-state index in [4.69, 9.17) is 0 Å². The summed E-state index contributed by atoms with van der Waals surface area (Å²) in [6.45, 7) is 6.45. The van der Waals surface area contributed by atoms with E-state index < -0.39 is 0 Å². The summed E-state index contributed by atoms with van der Waals surface area (Å²) in [4.78, 5) is 21.2. The molecule has 0 saturated carbocycles. The lowest BCUT2D eigenvalue weighted by Crippen LogP contribution is -2.08. The molecule has 3 nitrogen and oxygen atoms in total. The Hall–Kier alpha value is -2.37. The van der Waals surface area contributed by atoms with Crippen molar-refractivity contribution in [1.29, 1.82) is 0 Å². The van der Waals surface area contributed by atoms with Crippen molar-refractivity contribution in [2.24, 2.45) is 0 Å². The molecule has 0 bridgehead atoms. The number of H-pyrrole nitrogens is 1. The Kier molecular flexibility index (Phi) is 5.38. The number of aromatic nitrogens is 2. The maximum absolute atomic E-state index is 12.8. The van der Waals surface area contributed by atoms with Gasteiger partial charge in [0.1, 0.15) is 4.83 Å². The topological polar surface area (TPSA) is 45.8 Å². The molecule has 28 heavy (non-hydrogen) atoms. The Balaban J connectivity index is 1.58. The summed E-state index contributed by atoms with van der Waals surface area (Å²) in [6, 6.07) is 16.9. The molecule has 5 heteroatoms. The number of nitrogens with one attached hydrogen (secondary N) is 1. The van der Waals surface area contributed by atoms with Crippen LogP contribution >= 0.6 is 23.1 Å². The number of rotatable bonds is 5. The largest absolute Gasteiger partial charge is 0.301 e. The Bertz CT molecular complexity index is 1160. The number of fused-ring (bicyclic) bond motifs is 1. The second-order valence-electron chi connectivity index (χ2n) is 7.25. The van der Waals surface area contributed by atoms with Crippen LogP contribution in [0.5, 0.6) is 0 Å². The molecule has 0 fully saturated rings. The van der Waals surface area contributed by atoms with Gasteiger partial charge in [0, 0.05) is 16.7 Å². The van der Waals surface area contributed by atoms with Crippen molar-refractivity contribution in [3.63, 3.8) is 0 Å². The monoisotopic (exact) mass is 406 g/mol. The average Bonchev–Trinajstić information content (AvgIpc) is 3.12. The highest BCUT2D eigenvalue weighted by atomic mass is 32.2. The van der Waals surface area contributed by atoms with Crippen molar-refractivity contribution in [3.05, 3.63) is 81.0 Å². The van der Waals surface area contributed by atoms with Gasteiger partial charge in [-0.1, -0.05) is 79.7 Å². The summed E-state index contributed by atoms with van der Waals surface area (Å²) in [6.07, 6.45) is 0. The quantitative estimate of drug-likeness (QED) is 0.309. The number of hydrogen-bond acceptors (Lipinski definition) is 4. The highest BCUT2D eigenvalue weighted by molar-refractivity contribution is 7.98. The minimum atomic E-state index is -0.0699. The number of nitrogens with zero attached hydrogens (tertiary/aromatic N) is 1. The Labute approximate surface area is 172 Å². The fourth-order valence-corrected chi connectivity index (χ4v) is 4.92. The summed E-state index contributed by atoms with van der Waals surface area (Å²) in [5, 5.41) is 3.37. The molecule has 2 aromatic heterocycles. The molecule has 4 rings (SSSR count). The fraction of sp³-hybridized carbons (Fsp3) is 0.217. The summed E-state index contributed by atoms with van der Waals surface area (Å²) in [5.74, 6) is 1.31. The van der Waals surface area contributed by atoms with E-state index in [0.717, 1.165) is 21.7 Å². The summed E-state index contributed by atoms with van der Waals surface area (Å²) < 4.78 is 0. The SMILES string of the molecule is Cc1ccc(-c2csc3nc(SCc4ccc(C(C)C)cc4)[nH]c(=O)c23)cc1. The second kappa shape index (κ2) is 7.94. The first-order valence-corrected chi connectivity index (χ1v) is 11.2. The van der Waals surface area contributed by atoms with Gasteiger partial charge in [-0.25, -0.2) is 4.98 Å². The van der Waals surface area contributed by atoms with Crippen LogP contribution in [0, 0.1) is 6.92 Å². The van der Waals surface area contributed by atoms with Crippen molar-refractivity contribution in [3.8, 4) is 11.1 Å². The lowest BCUT2D eigenvalue weighted by molar-refractivity contribution is 0.866. The second-order valence-corrected chi connectivity index (χ2v) is 9.07. The fourth-order valence-electron chi connectivity index (χ4n) is 3.09. The molecule has 0 aliphatic rings. The van der Waals surface area contributed by atoms with Gasteiger partial charge in [-0.15, -0.1) is 11.3 Å². The third-order valence-corrected chi connectivity index (χ3v) is 6.62. The molecule has 0 atom stereocenters. The molecule has 1 N–H and O–H groups in total. The van der Waals surface area contributed by atoms with Gasteiger partial charge in [0.05, 0.1) is 5.39 Å². The number of hydrogen-bond donors (Lipinski definition) is 1. The molecule has 0 unspecified atom stereocenters. The lowest BCUT2D eigenvalue weighted by Gasteiger charge is -2.07. The molecule has 142 valence electrons. The third kappa shape index (κ3) is 3.91. The zero-order chi connectivity index (χ0) is 19.7. The zero-order valence-electron chi connectivity index (χ0n) is 16.2. The van der Waals surface area contributed by atoms with Gasteiger partial charge >= 0.3 is 0 Å². The van der Waals surface area contributed by atoms with Gasteiger partial charge in [0.2, 0.25) is 0 Å². The van der Waals surface area contributed by atoms with Crippen LogP contribution in [0.2, 0.25) is 0 Å². The van der Waals surface area contributed by atoms with Crippen LogP contribution < -0.4 is 5.56 Å². The number of benzene rings is 2. The van der Waals surface area contributed by atoms with Crippen molar-refractivity contribution in [1.82, 2.24) is 9.97 Å². The average molecular weight is 407 g/mol. The molecule has 0 aliphatic heterocycles.